The molecular formula is C14H30FeO4Si. The summed E-state index contributed by atoms with van der Waals surface area (Å²) < 4.78 is 17.0. The Bertz CT molecular complexity index is 222. The second kappa shape index (κ2) is 14.2. The molecule has 0 aliphatic heterocycles. The van der Waals surface area contributed by atoms with Crippen LogP contribution in [0.4, 0.5) is 0 Å². The van der Waals surface area contributed by atoms with Crippen LogP contribution in [0.1, 0.15) is 59.3 Å². The Hall–Kier alpha value is 0.286. The minimum absolute atomic E-state index is 0. The van der Waals surface area contributed by atoms with Crippen LogP contribution in [-0.2, 0) is 36.1 Å². The quantitative estimate of drug-likeness (QED) is 0.291. The van der Waals surface area contributed by atoms with Crippen molar-refractivity contribution in [1.29, 1.82) is 0 Å². The first kappa shape index (κ1) is 22.6. The maximum absolute atomic E-state index is 10.9. The molecule has 0 amide bonds. The first-order valence-electron chi connectivity index (χ1n) is 7.51. The average molecular weight is 346 g/mol. The summed E-state index contributed by atoms with van der Waals surface area (Å²) in [6.07, 6.45) is 5.68. The molecule has 0 fully saturated rings. The Morgan fingerprint density at radius 2 is 1.35 bits per heavy atom. The first-order valence-corrected chi connectivity index (χ1v) is 8.51. The fourth-order valence-electron chi connectivity index (χ4n) is 2.07. The smallest absolute Gasteiger partial charge is 0.282 e. The van der Waals surface area contributed by atoms with E-state index >= 15 is 0 Å². The maximum atomic E-state index is 10.9. The van der Waals surface area contributed by atoms with Crippen LogP contribution in [0, 0.1) is 0 Å². The van der Waals surface area contributed by atoms with E-state index in [4.69, 9.17) is 14.2 Å². The van der Waals surface area contributed by atoms with E-state index in [0.717, 1.165) is 38.5 Å². The normalized spacial score (nSPS) is 11.3. The van der Waals surface area contributed by atoms with Gasteiger partial charge in [0.2, 0.25) is 0 Å². The zero-order valence-electron chi connectivity index (χ0n) is 13.4. The Balaban J connectivity index is 0. The Morgan fingerprint density at radius 1 is 0.900 bits per heavy atom. The summed E-state index contributed by atoms with van der Waals surface area (Å²) in [4.78, 5) is 10.9. The van der Waals surface area contributed by atoms with Crippen molar-refractivity contribution >= 4 is 15.6 Å². The number of carbonyl (C=O) groups is 1. The molecule has 0 rings (SSSR count). The van der Waals surface area contributed by atoms with Crippen LogP contribution >= 0.6 is 0 Å². The summed E-state index contributed by atoms with van der Waals surface area (Å²) in [5, 5.41) is 0.410. The topological polar surface area (TPSA) is 44.8 Å². The summed E-state index contributed by atoms with van der Waals surface area (Å²) in [7, 11) is 0.684. The third-order valence-corrected chi connectivity index (χ3v) is 3.35. The SMILES string of the molecule is CCOC(CCCCCCC(=O)[SiH3])(OCC)OCC.[Fe]. The van der Waals surface area contributed by atoms with Crippen molar-refractivity contribution in [3.05, 3.63) is 0 Å². The minimum Gasteiger partial charge on any atom is -0.328 e. The van der Waals surface area contributed by atoms with Gasteiger partial charge in [-0.1, -0.05) is 12.8 Å². The Morgan fingerprint density at radius 3 is 1.75 bits per heavy atom. The molecule has 4 nitrogen and oxygen atoms in total. The first-order chi connectivity index (χ1) is 9.10. The van der Waals surface area contributed by atoms with E-state index in [9.17, 15) is 4.79 Å². The second-order valence-electron chi connectivity index (χ2n) is 4.60. The van der Waals surface area contributed by atoms with Gasteiger partial charge in [0, 0.05) is 49.7 Å². The Labute approximate surface area is 137 Å². The molecule has 0 saturated carbocycles. The van der Waals surface area contributed by atoms with Gasteiger partial charge in [-0.25, -0.2) is 0 Å². The molecule has 0 atom stereocenters. The van der Waals surface area contributed by atoms with Gasteiger partial charge in [0.05, 0.1) is 10.2 Å². The summed E-state index contributed by atoms with van der Waals surface area (Å²) in [5.74, 6) is -0.869. The van der Waals surface area contributed by atoms with Crippen LogP contribution in [0.25, 0.3) is 0 Å². The van der Waals surface area contributed by atoms with Crippen LogP contribution < -0.4 is 0 Å². The van der Waals surface area contributed by atoms with Gasteiger partial charge in [-0.05, 0) is 33.6 Å². The van der Waals surface area contributed by atoms with E-state index < -0.39 is 5.97 Å². The van der Waals surface area contributed by atoms with Gasteiger partial charge in [-0.3, -0.25) is 0 Å². The summed E-state index contributed by atoms with van der Waals surface area (Å²) in [6.45, 7) is 7.58. The number of ether oxygens (including phenoxy) is 3. The largest absolute Gasteiger partial charge is 0.328 e. The molecule has 0 spiro atoms. The van der Waals surface area contributed by atoms with Crippen molar-refractivity contribution in [3.63, 3.8) is 0 Å². The molecule has 0 heterocycles. The molecule has 0 aliphatic rings. The van der Waals surface area contributed by atoms with Crippen LogP contribution in [0.3, 0.4) is 0 Å². The zero-order valence-corrected chi connectivity index (χ0v) is 16.5. The molecule has 122 valence electrons. The van der Waals surface area contributed by atoms with Crippen molar-refractivity contribution < 1.29 is 36.1 Å². The van der Waals surface area contributed by atoms with Gasteiger partial charge in [-0.15, -0.1) is 0 Å². The van der Waals surface area contributed by atoms with E-state index in [2.05, 4.69) is 0 Å². The van der Waals surface area contributed by atoms with Crippen molar-refractivity contribution in [3.8, 4) is 0 Å². The van der Waals surface area contributed by atoms with E-state index in [1.807, 2.05) is 20.8 Å². The fraction of sp³-hybridized carbons (Fsp3) is 0.929. The second-order valence-corrected chi connectivity index (χ2v) is 5.71. The van der Waals surface area contributed by atoms with Gasteiger partial charge in [0.1, 0.15) is 5.41 Å². The average Bonchev–Trinajstić information content (AvgIpc) is 2.34. The minimum atomic E-state index is -0.869. The van der Waals surface area contributed by atoms with Crippen molar-refractivity contribution in [2.45, 2.75) is 65.3 Å². The molecule has 20 heavy (non-hydrogen) atoms. The molecule has 0 bridgehead atoms. The van der Waals surface area contributed by atoms with Crippen molar-refractivity contribution in [2.75, 3.05) is 19.8 Å². The molecule has 0 aromatic rings. The number of carbonyl (C=O) groups excluding carboxylic acids is 1. The molecule has 0 N–H and O–H groups in total. The van der Waals surface area contributed by atoms with E-state index in [1.165, 1.54) is 0 Å². The molecule has 0 radical (unpaired) electrons. The third-order valence-electron chi connectivity index (χ3n) is 2.85. The molecule has 0 aromatic heterocycles. The number of hydrogen-bond acceptors (Lipinski definition) is 4. The van der Waals surface area contributed by atoms with Crippen molar-refractivity contribution in [1.82, 2.24) is 0 Å². The van der Waals surface area contributed by atoms with Gasteiger partial charge in [0.25, 0.3) is 5.97 Å². The van der Waals surface area contributed by atoms with E-state index in [-0.39, 0.29) is 17.1 Å². The van der Waals surface area contributed by atoms with Crippen LogP contribution in [0.2, 0.25) is 0 Å². The van der Waals surface area contributed by atoms with Gasteiger partial charge >= 0.3 is 0 Å². The predicted molar refractivity (Wildman–Crippen MR) is 80.3 cm³/mol. The summed E-state index contributed by atoms with van der Waals surface area (Å²) in [5.41, 5.74) is 0. The third kappa shape index (κ3) is 11.0. The zero-order chi connectivity index (χ0) is 14.6. The molecular weight excluding hydrogens is 316 g/mol. The number of unbranched alkanes of at least 4 members (excludes halogenated alkanes) is 3. The maximum Gasteiger partial charge on any atom is 0.282 e. The van der Waals surface area contributed by atoms with Crippen LogP contribution in [0.5, 0.6) is 0 Å². The molecule has 0 unspecified atom stereocenters. The van der Waals surface area contributed by atoms with Crippen LogP contribution in [0.15, 0.2) is 0 Å². The summed E-state index contributed by atoms with van der Waals surface area (Å²) in [6, 6.07) is 0. The van der Waals surface area contributed by atoms with E-state index in [0.29, 0.717) is 35.5 Å². The fourth-order valence-corrected chi connectivity index (χ4v) is 2.42. The number of rotatable bonds is 13. The van der Waals surface area contributed by atoms with Gasteiger partial charge < -0.3 is 19.0 Å². The van der Waals surface area contributed by atoms with Crippen LogP contribution in [-0.4, -0.2) is 41.4 Å². The standard InChI is InChI=1S/C14H30O4Si.Fe/c1-4-16-14(17-5-2,18-6-3)12-10-8-7-9-11-13(15)19;/h4-12H2,1-3,19H3;. The van der Waals surface area contributed by atoms with Gasteiger partial charge in [-0.2, -0.15) is 0 Å². The Kier molecular flexibility index (Phi) is 16.1. The molecule has 0 aliphatic carbocycles. The number of hydrogen-bond donors (Lipinski definition) is 0. The molecule has 6 heteroatoms. The van der Waals surface area contributed by atoms with Gasteiger partial charge in [0.15, 0.2) is 0 Å². The summed E-state index contributed by atoms with van der Waals surface area (Å²) >= 11 is 0. The van der Waals surface area contributed by atoms with Crippen molar-refractivity contribution in [2.24, 2.45) is 0 Å². The molecule has 0 aromatic carbocycles. The predicted octanol–water partition coefficient (Wildman–Crippen LogP) is 1.98. The van der Waals surface area contributed by atoms with E-state index in [1.54, 1.807) is 0 Å². The molecule has 0 saturated heterocycles. The monoisotopic (exact) mass is 346 g/mol.